The van der Waals surface area contributed by atoms with Gasteiger partial charge in [0.2, 0.25) is 0 Å². The third kappa shape index (κ3) is 6.99. The van der Waals surface area contributed by atoms with Crippen LogP contribution in [0.1, 0.15) is 26.7 Å². The number of aliphatic hydroxyl groups is 1. The lowest BCUT2D eigenvalue weighted by molar-refractivity contribution is 0.0987. The van der Waals surface area contributed by atoms with Crippen molar-refractivity contribution < 1.29 is 9.84 Å². The van der Waals surface area contributed by atoms with Crippen molar-refractivity contribution in [2.45, 2.75) is 32.8 Å². The van der Waals surface area contributed by atoms with E-state index in [1.54, 1.807) is 0 Å². The Balaban J connectivity index is 1.99. The largest absolute Gasteiger partial charge is 0.392 e. The molecule has 0 aromatic heterocycles. The number of piperidine rings is 1. The first-order valence-corrected chi connectivity index (χ1v) is 6.91. The van der Waals surface area contributed by atoms with Gasteiger partial charge in [0.25, 0.3) is 0 Å². The first-order valence-electron chi connectivity index (χ1n) is 6.91. The maximum Gasteiger partial charge on any atom is 0.0639 e. The molecule has 1 heterocycles. The molecule has 102 valence electrons. The van der Waals surface area contributed by atoms with Gasteiger partial charge in [0.05, 0.1) is 12.7 Å². The third-order valence-electron chi connectivity index (χ3n) is 3.29. The summed E-state index contributed by atoms with van der Waals surface area (Å²) >= 11 is 0. The highest BCUT2D eigenvalue weighted by atomic mass is 16.5. The van der Waals surface area contributed by atoms with Crippen LogP contribution in [0.3, 0.4) is 0 Å². The summed E-state index contributed by atoms with van der Waals surface area (Å²) in [7, 11) is 0. The Kier molecular flexibility index (Phi) is 7.77. The summed E-state index contributed by atoms with van der Waals surface area (Å²) in [6, 6.07) is 0. The average molecular weight is 244 g/mol. The lowest BCUT2D eigenvalue weighted by Gasteiger charge is -2.32. The summed E-state index contributed by atoms with van der Waals surface area (Å²) in [5.74, 6) is 0.793. The highest BCUT2D eigenvalue weighted by molar-refractivity contribution is 4.74. The zero-order chi connectivity index (χ0) is 12.5. The van der Waals surface area contributed by atoms with Crippen LogP contribution in [0.25, 0.3) is 0 Å². The molecule has 2 N–H and O–H groups in total. The Morgan fingerprint density at radius 1 is 1.41 bits per heavy atom. The van der Waals surface area contributed by atoms with E-state index in [1.165, 1.54) is 12.8 Å². The number of hydrogen-bond acceptors (Lipinski definition) is 4. The van der Waals surface area contributed by atoms with Gasteiger partial charge in [-0.05, 0) is 52.2 Å². The molecule has 0 unspecified atom stereocenters. The molecule has 1 fully saturated rings. The van der Waals surface area contributed by atoms with E-state index in [0.717, 1.165) is 51.9 Å². The number of ether oxygens (including phenoxy) is 1. The predicted molar refractivity (Wildman–Crippen MR) is 70.2 cm³/mol. The second-order valence-corrected chi connectivity index (χ2v) is 4.99. The number of β-amino-alcohol motifs (C(OH)–C–C–N with tert-alkyl or cyclic N) is 1. The van der Waals surface area contributed by atoms with Gasteiger partial charge in [-0.3, -0.25) is 0 Å². The Labute approximate surface area is 105 Å². The minimum absolute atomic E-state index is 0.198. The zero-order valence-corrected chi connectivity index (χ0v) is 11.3. The first-order chi connectivity index (χ1) is 8.22. The van der Waals surface area contributed by atoms with Crippen molar-refractivity contribution in [1.29, 1.82) is 0 Å². The minimum Gasteiger partial charge on any atom is -0.392 e. The maximum atomic E-state index is 9.33. The van der Waals surface area contributed by atoms with E-state index in [4.69, 9.17) is 4.74 Å². The van der Waals surface area contributed by atoms with E-state index >= 15 is 0 Å². The van der Waals surface area contributed by atoms with Crippen LogP contribution in [-0.4, -0.2) is 62.0 Å². The third-order valence-corrected chi connectivity index (χ3v) is 3.29. The maximum absolute atomic E-state index is 9.33. The van der Waals surface area contributed by atoms with E-state index < -0.39 is 0 Å². The van der Waals surface area contributed by atoms with Crippen LogP contribution in [0, 0.1) is 5.92 Å². The van der Waals surface area contributed by atoms with Crippen LogP contribution in [0.2, 0.25) is 0 Å². The van der Waals surface area contributed by atoms with Crippen molar-refractivity contribution in [3.63, 3.8) is 0 Å². The van der Waals surface area contributed by atoms with E-state index in [9.17, 15) is 5.11 Å². The highest BCUT2D eigenvalue weighted by Crippen LogP contribution is 2.16. The van der Waals surface area contributed by atoms with Crippen molar-refractivity contribution >= 4 is 0 Å². The molecule has 17 heavy (non-hydrogen) atoms. The smallest absolute Gasteiger partial charge is 0.0639 e. The van der Waals surface area contributed by atoms with Crippen LogP contribution >= 0.6 is 0 Å². The number of rotatable bonds is 8. The average Bonchev–Trinajstić information content (AvgIpc) is 2.30. The fourth-order valence-electron chi connectivity index (χ4n) is 2.34. The van der Waals surface area contributed by atoms with Crippen molar-refractivity contribution in [3.05, 3.63) is 0 Å². The molecule has 1 aliphatic heterocycles. The molecule has 0 aromatic carbocycles. The van der Waals surface area contributed by atoms with Crippen molar-refractivity contribution in [2.24, 2.45) is 5.92 Å². The van der Waals surface area contributed by atoms with Gasteiger partial charge in [-0.1, -0.05) is 0 Å². The van der Waals surface area contributed by atoms with E-state index in [2.05, 4.69) is 10.2 Å². The van der Waals surface area contributed by atoms with Gasteiger partial charge in [-0.2, -0.15) is 0 Å². The van der Waals surface area contributed by atoms with Gasteiger partial charge in [0, 0.05) is 19.7 Å². The fraction of sp³-hybridized carbons (Fsp3) is 1.00. The van der Waals surface area contributed by atoms with Gasteiger partial charge in [-0.15, -0.1) is 0 Å². The van der Waals surface area contributed by atoms with E-state index in [-0.39, 0.29) is 6.10 Å². The molecule has 0 amide bonds. The lowest BCUT2D eigenvalue weighted by Crippen LogP contribution is -2.40. The molecule has 0 radical (unpaired) electrons. The SMILES string of the molecule is CCOCCNCC1CCN(C[C@H](C)O)CC1. The quantitative estimate of drug-likeness (QED) is 0.617. The summed E-state index contributed by atoms with van der Waals surface area (Å²) in [4.78, 5) is 2.36. The topological polar surface area (TPSA) is 44.7 Å². The second-order valence-electron chi connectivity index (χ2n) is 4.99. The summed E-state index contributed by atoms with van der Waals surface area (Å²) < 4.78 is 5.29. The molecule has 1 rings (SSSR count). The number of hydrogen-bond donors (Lipinski definition) is 2. The Hall–Kier alpha value is -0.160. The summed E-state index contributed by atoms with van der Waals surface area (Å²) in [6.45, 7) is 10.7. The number of nitrogens with one attached hydrogen (secondary N) is 1. The second kappa shape index (κ2) is 8.86. The summed E-state index contributed by atoms with van der Waals surface area (Å²) in [5.41, 5.74) is 0. The molecule has 1 atom stereocenters. The van der Waals surface area contributed by atoms with Crippen LogP contribution in [0.5, 0.6) is 0 Å². The van der Waals surface area contributed by atoms with Gasteiger partial charge >= 0.3 is 0 Å². The highest BCUT2D eigenvalue weighted by Gasteiger charge is 2.19. The molecule has 1 saturated heterocycles. The molecule has 4 heteroatoms. The van der Waals surface area contributed by atoms with E-state index in [0.29, 0.717) is 0 Å². The molecular weight excluding hydrogens is 216 g/mol. The Morgan fingerprint density at radius 3 is 2.71 bits per heavy atom. The van der Waals surface area contributed by atoms with Crippen molar-refractivity contribution in [3.8, 4) is 0 Å². The monoisotopic (exact) mass is 244 g/mol. The predicted octanol–water partition coefficient (Wildman–Crippen LogP) is 0.705. The number of nitrogens with zero attached hydrogens (tertiary/aromatic N) is 1. The number of aliphatic hydroxyl groups excluding tert-OH is 1. The molecular formula is C13H28N2O2. The minimum atomic E-state index is -0.198. The van der Waals surface area contributed by atoms with Crippen molar-refractivity contribution in [1.82, 2.24) is 10.2 Å². The molecule has 4 nitrogen and oxygen atoms in total. The molecule has 0 aromatic rings. The van der Waals surface area contributed by atoms with Gasteiger partial charge in [-0.25, -0.2) is 0 Å². The fourth-order valence-corrected chi connectivity index (χ4v) is 2.34. The molecule has 0 aliphatic carbocycles. The first kappa shape index (κ1) is 14.9. The summed E-state index contributed by atoms with van der Waals surface area (Å²) in [5, 5.41) is 12.8. The van der Waals surface area contributed by atoms with E-state index in [1.807, 2.05) is 13.8 Å². The normalized spacial score (nSPS) is 20.6. The Morgan fingerprint density at radius 2 is 2.12 bits per heavy atom. The van der Waals surface area contributed by atoms with Gasteiger partial charge in [0.15, 0.2) is 0 Å². The lowest BCUT2D eigenvalue weighted by atomic mass is 9.96. The molecule has 0 bridgehead atoms. The standard InChI is InChI=1S/C13H28N2O2/c1-3-17-9-6-14-10-13-4-7-15(8-5-13)11-12(2)16/h12-14,16H,3-11H2,1-2H3/t12-/m0/s1. The Bertz CT molecular complexity index is 180. The van der Waals surface area contributed by atoms with Gasteiger partial charge < -0.3 is 20.1 Å². The van der Waals surface area contributed by atoms with Crippen LogP contribution < -0.4 is 5.32 Å². The van der Waals surface area contributed by atoms with Crippen molar-refractivity contribution in [2.75, 3.05) is 45.9 Å². The van der Waals surface area contributed by atoms with Crippen LogP contribution in [0.4, 0.5) is 0 Å². The number of likely N-dealkylation sites (tertiary alicyclic amines) is 1. The van der Waals surface area contributed by atoms with Gasteiger partial charge in [0.1, 0.15) is 0 Å². The molecule has 1 aliphatic rings. The van der Waals surface area contributed by atoms with Crippen LogP contribution in [0.15, 0.2) is 0 Å². The summed E-state index contributed by atoms with van der Waals surface area (Å²) in [6.07, 6.45) is 2.29. The zero-order valence-electron chi connectivity index (χ0n) is 11.3. The van der Waals surface area contributed by atoms with Crippen LogP contribution in [-0.2, 0) is 4.74 Å². The molecule has 0 saturated carbocycles. The molecule has 0 spiro atoms.